The number of rotatable bonds is 9. The second-order valence-corrected chi connectivity index (χ2v) is 5.98. The molecule has 2 aromatic rings. The van der Waals surface area contributed by atoms with Crippen LogP contribution in [0.25, 0.3) is 0 Å². The molecule has 0 saturated carbocycles. The molecular weight excluding hydrogens is 314 g/mol. The number of carbonyl (C=O) groups is 1. The highest BCUT2D eigenvalue weighted by Gasteiger charge is 2.18. The molecule has 0 radical (unpaired) electrons. The molecule has 0 aromatic heterocycles. The zero-order valence-corrected chi connectivity index (χ0v) is 15.2. The van der Waals surface area contributed by atoms with Crippen molar-refractivity contribution in [1.82, 2.24) is 0 Å². The lowest BCUT2D eigenvalue weighted by Crippen LogP contribution is -2.32. The van der Waals surface area contributed by atoms with Gasteiger partial charge in [-0.05, 0) is 49.1 Å². The molecule has 1 amide bonds. The van der Waals surface area contributed by atoms with Crippen molar-refractivity contribution >= 4 is 11.6 Å². The molecule has 4 nitrogen and oxygen atoms in total. The molecule has 25 heavy (non-hydrogen) atoms. The van der Waals surface area contributed by atoms with Crippen LogP contribution in [0.5, 0.6) is 11.5 Å². The van der Waals surface area contributed by atoms with Gasteiger partial charge in [0.15, 0.2) is 6.10 Å². The standard InChI is InChI=1S/C21H27NO3/c1-4-6-8-16-11-13-17(14-12-16)22-21(23)20(5-2)25-19-10-7-9-18(15-19)24-3/h7,9-15,20H,4-6,8H2,1-3H3,(H,22,23). The number of methoxy groups -OCH3 is 1. The van der Waals surface area contributed by atoms with E-state index in [2.05, 4.69) is 24.4 Å². The minimum absolute atomic E-state index is 0.147. The Labute approximate surface area is 150 Å². The lowest BCUT2D eigenvalue weighted by Gasteiger charge is -2.18. The van der Waals surface area contributed by atoms with Crippen LogP contribution in [-0.2, 0) is 11.2 Å². The summed E-state index contributed by atoms with van der Waals surface area (Å²) in [5.74, 6) is 1.18. The van der Waals surface area contributed by atoms with E-state index in [1.807, 2.05) is 37.3 Å². The minimum atomic E-state index is -0.549. The highest BCUT2D eigenvalue weighted by atomic mass is 16.5. The summed E-state index contributed by atoms with van der Waals surface area (Å²) in [6, 6.07) is 15.3. The first kappa shape index (κ1) is 18.8. The number of unbranched alkanes of at least 4 members (excludes halogenated alkanes) is 1. The molecule has 0 aliphatic heterocycles. The van der Waals surface area contributed by atoms with Crippen molar-refractivity contribution in [1.29, 1.82) is 0 Å². The second-order valence-electron chi connectivity index (χ2n) is 5.98. The third-order valence-electron chi connectivity index (χ3n) is 4.02. The van der Waals surface area contributed by atoms with E-state index in [-0.39, 0.29) is 5.91 Å². The highest BCUT2D eigenvalue weighted by Crippen LogP contribution is 2.21. The molecule has 4 heteroatoms. The predicted molar refractivity (Wildman–Crippen MR) is 101 cm³/mol. The Hall–Kier alpha value is -2.49. The van der Waals surface area contributed by atoms with Crippen molar-refractivity contribution in [3.63, 3.8) is 0 Å². The van der Waals surface area contributed by atoms with Crippen LogP contribution >= 0.6 is 0 Å². The molecule has 0 aliphatic carbocycles. The first-order valence-electron chi connectivity index (χ1n) is 8.86. The number of amides is 1. The molecule has 0 spiro atoms. The maximum Gasteiger partial charge on any atom is 0.265 e. The van der Waals surface area contributed by atoms with Crippen LogP contribution < -0.4 is 14.8 Å². The van der Waals surface area contributed by atoms with Crippen molar-refractivity contribution in [2.24, 2.45) is 0 Å². The minimum Gasteiger partial charge on any atom is -0.497 e. The summed E-state index contributed by atoms with van der Waals surface area (Å²) in [5, 5.41) is 2.93. The molecule has 2 rings (SSSR count). The van der Waals surface area contributed by atoms with E-state index in [0.29, 0.717) is 17.9 Å². The highest BCUT2D eigenvalue weighted by molar-refractivity contribution is 5.94. The maximum atomic E-state index is 12.5. The molecule has 0 aliphatic rings. The zero-order valence-electron chi connectivity index (χ0n) is 15.2. The number of aryl methyl sites for hydroxylation is 1. The van der Waals surface area contributed by atoms with Crippen LogP contribution in [0.15, 0.2) is 48.5 Å². The maximum absolute atomic E-state index is 12.5. The van der Waals surface area contributed by atoms with Crippen LogP contribution in [0.2, 0.25) is 0 Å². The fourth-order valence-electron chi connectivity index (χ4n) is 2.52. The van der Waals surface area contributed by atoms with E-state index in [4.69, 9.17) is 9.47 Å². The summed E-state index contributed by atoms with van der Waals surface area (Å²) in [6.07, 6.45) is 3.46. The number of carbonyl (C=O) groups excluding carboxylic acids is 1. The molecule has 0 saturated heterocycles. The van der Waals surface area contributed by atoms with Crippen molar-refractivity contribution < 1.29 is 14.3 Å². The van der Waals surface area contributed by atoms with Crippen molar-refractivity contribution in [3.05, 3.63) is 54.1 Å². The Kier molecular flexibility index (Phi) is 7.33. The summed E-state index contributed by atoms with van der Waals surface area (Å²) in [7, 11) is 1.60. The lowest BCUT2D eigenvalue weighted by atomic mass is 10.1. The number of hydrogen-bond donors (Lipinski definition) is 1. The molecule has 134 valence electrons. The monoisotopic (exact) mass is 341 g/mol. The third kappa shape index (κ3) is 5.82. The molecule has 2 aromatic carbocycles. The van der Waals surface area contributed by atoms with Gasteiger partial charge in [0.2, 0.25) is 0 Å². The first-order valence-corrected chi connectivity index (χ1v) is 8.86. The van der Waals surface area contributed by atoms with Gasteiger partial charge in [-0.1, -0.05) is 38.5 Å². The van der Waals surface area contributed by atoms with Crippen molar-refractivity contribution in [3.8, 4) is 11.5 Å². The quantitative estimate of drug-likeness (QED) is 0.710. The second kappa shape index (κ2) is 9.72. The van der Waals surface area contributed by atoms with Gasteiger partial charge < -0.3 is 14.8 Å². The van der Waals surface area contributed by atoms with Gasteiger partial charge in [0.05, 0.1) is 7.11 Å². The molecule has 1 N–H and O–H groups in total. The van der Waals surface area contributed by atoms with E-state index in [9.17, 15) is 4.79 Å². The van der Waals surface area contributed by atoms with Gasteiger partial charge in [-0.3, -0.25) is 4.79 Å². The largest absolute Gasteiger partial charge is 0.497 e. The lowest BCUT2D eigenvalue weighted by molar-refractivity contribution is -0.122. The van der Waals surface area contributed by atoms with Crippen LogP contribution in [-0.4, -0.2) is 19.1 Å². The van der Waals surface area contributed by atoms with E-state index >= 15 is 0 Å². The number of ether oxygens (including phenoxy) is 2. The number of hydrogen-bond acceptors (Lipinski definition) is 3. The topological polar surface area (TPSA) is 47.6 Å². The first-order chi connectivity index (χ1) is 12.2. The van der Waals surface area contributed by atoms with Gasteiger partial charge in [-0.2, -0.15) is 0 Å². The Morgan fingerprint density at radius 1 is 1.08 bits per heavy atom. The van der Waals surface area contributed by atoms with Crippen molar-refractivity contribution in [2.45, 2.75) is 45.6 Å². The van der Waals surface area contributed by atoms with Crippen LogP contribution in [0.3, 0.4) is 0 Å². The smallest absolute Gasteiger partial charge is 0.265 e. The number of benzene rings is 2. The van der Waals surface area contributed by atoms with Gasteiger partial charge in [-0.25, -0.2) is 0 Å². The average Bonchev–Trinajstić information content (AvgIpc) is 2.65. The van der Waals surface area contributed by atoms with Gasteiger partial charge >= 0.3 is 0 Å². The molecule has 1 atom stereocenters. The SMILES string of the molecule is CCCCc1ccc(NC(=O)C(CC)Oc2cccc(OC)c2)cc1. The van der Waals surface area contributed by atoms with Gasteiger partial charge in [0, 0.05) is 11.8 Å². The molecule has 1 unspecified atom stereocenters. The number of nitrogens with one attached hydrogen (secondary N) is 1. The Bertz CT molecular complexity index is 667. The summed E-state index contributed by atoms with van der Waals surface area (Å²) >= 11 is 0. The van der Waals surface area contributed by atoms with E-state index in [1.54, 1.807) is 13.2 Å². The third-order valence-corrected chi connectivity index (χ3v) is 4.02. The summed E-state index contributed by atoms with van der Waals surface area (Å²) in [4.78, 5) is 12.5. The van der Waals surface area contributed by atoms with Crippen LogP contribution in [0.1, 0.15) is 38.7 Å². The molecule has 0 bridgehead atoms. The van der Waals surface area contributed by atoms with Gasteiger partial charge in [0.1, 0.15) is 11.5 Å². The predicted octanol–water partition coefficient (Wildman–Crippen LogP) is 4.83. The van der Waals surface area contributed by atoms with E-state index in [1.165, 1.54) is 18.4 Å². The fourth-order valence-corrected chi connectivity index (χ4v) is 2.52. The van der Waals surface area contributed by atoms with Crippen molar-refractivity contribution in [2.75, 3.05) is 12.4 Å². The van der Waals surface area contributed by atoms with Gasteiger partial charge in [-0.15, -0.1) is 0 Å². The Morgan fingerprint density at radius 2 is 1.80 bits per heavy atom. The summed E-state index contributed by atoms with van der Waals surface area (Å²) in [5.41, 5.74) is 2.08. The summed E-state index contributed by atoms with van der Waals surface area (Å²) in [6.45, 7) is 4.11. The van der Waals surface area contributed by atoms with Crippen LogP contribution in [0, 0.1) is 0 Å². The van der Waals surface area contributed by atoms with E-state index in [0.717, 1.165) is 12.1 Å². The normalized spacial score (nSPS) is 11.6. The zero-order chi connectivity index (χ0) is 18.1. The average molecular weight is 341 g/mol. The Morgan fingerprint density at radius 3 is 2.44 bits per heavy atom. The van der Waals surface area contributed by atoms with Gasteiger partial charge in [0.25, 0.3) is 5.91 Å². The van der Waals surface area contributed by atoms with Crippen LogP contribution in [0.4, 0.5) is 5.69 Å². The molecular formula is C21H27NO3. The summed E-state index contributed by atoms with van der Waals surface area (Å²) < 4.78 is 11.0. The molecule has 0 heterocycles. The number of anilines is 1. The Balaban J connectivity index is 1.97. The molecule has 0 fully saturated rings. The fraction of sp³-hybridized carbons (Fsp3) is 0.381. The van der Waals surface area contributed by atoms with E-state index < -0.39 is 6.10 Å².